The first-order chi connectivity index (χ1) is 12.6. The molecule has 1 atom stereocenters. The van der Waals surface area contributed by atoms with Gasteiger partial charge >= 0.3 is 0 Å². The zero-order valence-electron chi connectivity index (χ0n) is 14.5. The Hall–Kier alpha value is -3.28. The average Bonchev–Trinajstić information content (AvgIpc) is 3.27. The normalized spacial score (nSPS) is 15.2. The number of rotatable bonds is 4. The van der Waals surface area contributed by atoms with Gasteiger partial charge in [-0.25, -0.2) is 0 Å². The third-order valence-electron chi connectivity index (χ3n) is 4.27. The molecule has 0 saturated heterocycles. The zero-order valence-corrected chi connectivity index (χ0v) is 14.5. The van der Waals surface area contributed by atoms with Gasteiger partial charge in [0, 0.05) is 23.7 Å². The third-order valence-corrected chi connectivity index (χ3v) is 4.27. The molecule has 1 N–H and O–H groups in total. The van der Waals surface area contributed by atoms with Crippen LogP contribution < -0.4 is 14.8 Å². The lowest BCUT2D eigenvalue weighted by molar-refractivity contribution is 0.101. The number of methoxy groups -OCH3 is 1. The van der Waals surface area contributed by atoms with Gasteiger partial charge in [-0.15, -0.1) is 0 Å². The smallest absolute Gasteiger partial charge is 0.277 e. The summed E-state index contributed by atoms with van der Waals surface area (Å²) < 4.78 is 16.2. The second-order valence-electron chi connectivity index (χ2n) is 6.21. The van der Waals surface area contributed by atoms with Gasteiger partial charge < -0.3 is 19.3 Å². The van der Waals surface area contributed by atoms with Gasteiger partial charge in [0.25, 0.3) is 5.91 Å². The number of aromatic nitrogens is 1. The van der Waals surface area contributed by atoms with Gasteiger partial charge in [-0.3, -0.25) is 4.79 Å². The van der Waals surface area contributed by atoms with E-state index in [-0.39, 0.29) is 17.7 Å². The van der Waals surface area contributed by atoms with Crippen LogP contribution in [0.2, 0.25) is 0 Å². The van der Waals surface area contributed by atoms with Crippen molar-refractivity contribution in [2.45, 2.75) is 19.4 Å². The number of ether oxygens (including phenoxy) is 2. The van der Waals surface area contributed by atoms with Crippen LogP contribution in [0.3, 0.4) is 0 Å². The molecule has 1 aromatic heterocycles. The number of fused-ring (bicyclic) bond motifs is 1. The third kappa shape index (κ3) is 3.13. The summed E-state index contributed by atoms with van der Waals surface area (Å²) in [4.78, 5) is 12.4. The maximum absolute atomic E-state index is 12.4. The quantitative estimate of drug-likeness (QED) is 0.772. The molecule has 2 aromatic carbocycles. The molecule has 0 aliphatic carbocycles. The monoisotopic (exact) mass is 350 g/mol. The van der Waals surface area contributed by atoms with Crippen LogP contribution in [0.5, 0.6) is 11.5 Å². The van der Waals surface area contributed by atoms with E-state index in [0.29, 0.717) is 11.4 Å². The fourth-order valence-electron chi connectivity index (χ4n) is 2.96. The van der Waals surface area contributed by atoms with Crippen LogP contribution in [0.25, 0.3) is 11.3 Å². The Bertz CT molecular complexity index is 947. The van der Waals surface area contributed by atoms with E-state index >= 15 is 0 Å². The summed E-state index contributed by atoms with van der Waals surface area (Å²) in [7, 11) is 1.59. The van der Waals surface area contributed by atoms with Crippen molar-refractivity contribution in [3.63, 3.8) is 0 Å². The molecule has 0 radical (unpaired) electrons. The Kier molecular flexibility index (Phi) is 4.08. The number of anilines is 1. The summed E-state index contributed by atoms with van der Waals surface area (Å²) in [6, 6.07) is 14.6. The predicted octanol–water partition coefficient (Wildman–Crippen LogP) is 3.93. The van der Waals surface area contributed by atoms with E-state index in [0.717, 1.165) is 29.0 Å². The van der Waals surface area contributed by atoms with Crippen LogP contribution in [-0.2, 0) is 6.42 Å². The minimum absolute atomic E-state index is 0.181. The minimum atomic E-state index is -0.330. The van der Waals surface area contributed by atoms with Crippen LogP contribution in [0.15, 0.2) is 53.1 Å². The second kappa shape index (κ2) is 6.55. The molecular formula is C20H18N2O4. The van der Waals surface area contributed by atoms with Crippen molar-refractivity contribution in [3.8, 4) is 22.8 Å². The maximum Gasteiger partial charge on any atom is 0.277 e. The molecule has 3 aromatic rings. The van der Waals surface area contributed by atoms with Crippen LogP contribution in [0.4, 0.5) is 5.69 Å². The van der Waals surface area contributed by atoms with Crippen molar-refractivity contribution < 1.29 is 18.8 Å². The van der Waals surface area contributed by atoms with Crippen molar-refractivity contribution >= 4 is 11.6 Å². The first-order valence-corrected chi connectivity index (χ1v) is 8.34. The molecule has 6 nitrogen and oxygen atoms in total. The number of hydrogen-bond acceptors (Lipinski definition) is 5. The average molecular weight is 350 g/mol. The van der Waals surface area contributed by atoms with E-state index < -0.39 is 0 Å². The zero-order chi connectivity index (χ0) is 18.1. The highest BCUT2D eigenvalue weighted by molar-refractivity contribution is 6.03. The molecule has 1 amide bonds. The molecule has 26 heavy (non-hydrogen) atoms. The van der Waals surface area contributed by atoms with Crippen molar-refractivity contribution in [3.05, 3.63) is 59.8 Å². The molecule has 0 unspecified atom stereocenters. The molecule has 0 saturated carbocycles. The van der Waals surface area contributed by atoms with Gasteiger partial charge in [0.05, 0.1) is 7.11 Å². The second-order valence-corrected chi connectivity index (χ2v) is 6.21. The van der Waals surface area contributed by atoms with Crippen LogP contribution in [-0.4, -0.2) is 24.3 Å². The Balaban J connectivity index is 1.50. The van der Waals surface area contributed by atoms with E-state index in [1.54, 1.807) is 37.4 Å². The minimum Gasteiger partial charge on any atom is -0.497 e. The molecule has 0 fully saturated rings. The summed E-state index contributed by atoms with van der Waals surface area (Å²) in [5.74, 6) is 1.84. The van der Waals surface area contributed by atoms with Gasteiger partial charge in [0.15, 0.2) is 11.5 Å². The summed E-state index contributed by atoms with van der Waals surface area (Å²) in [6.45, 7) is 2.04. The highest BCUT2D eigenvalue weighted by Gasteiger charge is 2.21. The molecule has 4 rings (SSSR count). The Labute approximate surface area is 150 Å². The van der Waals surface area contributed by atoms with Crippen molar-refractivity contribution in [1.29, 1.82) is 0 Å². The number of carbonyl (C=O) groups excluding carboxylic acids is 1. The molecule has 1 aliphatic heterocycles. The molecule has 6 heteroatoms. The van der Waals surface area contributed by atoms with E-state index in [4.69, 9.17) is 14.0 Å². The molecule has 0 spiro atoms. The van der Waals surface area contributed by atoms with Crippen molar-refractivity contribution in [1.82, 2.24) is 5.16 Å². The SMILES string of the molecule is COc1ccc(NC(=O)c2cc(-c3ccc4c(c3)C[C@H](C)O4)on2)cc1. The standard InChI is InChI=1S/C20H18N2O4/c1-12-9-14-10-13(3-8-18(14)25-12)19-11-17(22-26-19)20(23)21-15-4-6-16(24-2)7-5-15/h3-8,10-12H,9H2,1-2H3,(H,21,23)/t12-/m0/s1. The van der Waals surface area contributed by atoms with E-state index in [1.807, 2.05) is 25.1 Å². The molecule has 1 aliphatic rings. The molecule has 2 heterocycles. The molecular weight excluding hydrogens is 332 g/mol. The molecule has 0 bridgehead atoms. The first-order valence-electron chi connectivity index (χ1n) is 8.34. The number of nitrogens with zero attached hydrogens (tertiary/aromatic N) is 1. The summed E-state index contributed by atoms with van der Waals surface area (Å²) >= 11 is 0. The van der Waals surface area contributed by atoms with Crippen LogP contribution in [0.1, 0.15) is 23.0 Å². The summed E-state index contributed by atoms with van der Waals surface area (Å²) in [5, 5.41) is 6.67. The fourth-order valence-corrected chi connectivity index (χ4v) is 2.96. The first kappa shape index (κ1) is 16.2. The van der Waals surface area contributed by atoms with Gasteiger partial charge in [0.1, 0.15) is 17.6 Å². The lowest BCUT2D eigenvalue weighted by atomic mass is 10.1. The Morgan fingerprint density at radius 3 is 2.77 bits per heavy atom. The maximum atomic E-state index is 12.4. The largest absolute Gasteiger partial charge is 0.497 e. The molecule has 132 valence electrons. The predicted molar refractivity (Wildman–Crippen MR) is 96.7 cm³/mol. The number of nitrogens with one attached hydrogen (secondary N) is 1. The van der Waals surface area contributed by atoms with E-state index in [9.17, 15) is 4.79 Å². The fraction of sp³-hybridized carbons (Fsp3) is 0.200. The van der Waals surface area contributed by atoms with Gasteiger partial charge in [0.2, 0.25) is 0 Å². The van der Waals surface area contributed by atoms with E-state index in [1.165, 1.54) is 0 Å². The van der Waals surface area contributed by atoms with E-state index in [2.05, 4.69) is 10.5 Å². The van der Waals surface area contributed by atoms with Gasteiger partial charge in [-0.1, -0.05) is 5.16 Å². The van der Waals surface area contributed by atoms with Crippen molar-refractivity contribution in [2.75, 3.05) is 12.4 Å². The van der Waals surface area contributed by atoms with Gasteiger partial charge in [-0.05, 0) is 55.0 Å². The number of hydrogen-bond donors (Lipinski definition) is 1. The summed E-state index contributed by atoms with van der Waals surface area (Å²) in [5.41, 5.74) is 2.89. The Morgan fingerprint density at radius 1 is 1.19 bits per heavy atom. The number of benzene rings is 2. The number of amides is 1. The summed E-state index contributed by atoms with van der Waals surface area (Å²) in [6.07, 6.45) is 1.04. The van der Waals surface area contributed by atoms with Crippen LogP contribution in [0, 0.1) is 0 Å². The highest BCUT2D eigenvalue weighted by Crippen LogP contribution is 2.33. The topological polar surface area (TPSA) is 73.6 Å². The Morgan fingerprint density at radius 2 is 2.00 bits per heavy atom. The lowest BCUT2D eigenvalue weighted by Gasteiger charge is -2.04. The van der Waals surface area contributed by atoms with Crippen LogP contribution >= 0.6 is 0 Å². The highest BCUT2D eigenvalue weighted by atomic mass is 16.5. The van der Waals surface area contributed by atoms with Crippen molar-refractivity contribution in [2.24, 2.45) is 0 Å². The van der Waals surface area contributed by atoms with Gasteiger partial charge in [-0.2, -0.15) is 0 Å². The lowest BCUT2D eigenvalue weighted by Crippen LogP contribution is -2.11. The number of carbonyl (C=O) groups is 1.